The summed E-state index contributed by atoms with van der Waals surface area (Å²) in [6.45, 7) is 4.71. The minimum Gasteiger partial charge on any atom is -0.494 e. The third-order valence-corrected chi connectivity index (χ3v) is 4.16. The number of benzene rings is 1. The van der Waals surface area contributed by atoms with Crippen molar-refractivity contribution in [3.05, 3.63) is 29.6 Å². The summed E-state index contributed by atoms with van der Waals surface area (Å²) < 4.78 is 18.7. The molecule has 144 valence electrons. The summed E-state index contributed by atoms with van der Waals surface area (Å²) in [5.41, 5.74) is 0.928. The monoisotopic (exact) mass is 395 g/mol. The number of ether oxygens (including phenoxy) is 1. The molecule has 1 aromatic rings. The van der Waals surface area contributed by atoms with Crippen LogP contribution in [0.3, 0.4) is 0 Å². The first-order chi connectivity index (χ1) is 11.1. The van der Waals surface area contributed by atoms with Gasteiger partial charge in [-0.1, -0.05) is 6.07 Å². The Bertz CT molecular complexity index is 527. The van der Waals surface area contributed by atoms with Gasteiger partial charge < -0.3 is 15.0 Å². The zero-order chi connectivity index (χ0) is 16.7. The van der Waals surface area contributed by atoms with Crippen LogP contribution in [0.1, 0.15) is 18.4 Å². The summed E-state index contributed by atoms with van der Waals surface area (Å²) in [4.78, 5) is 16.2. The molecule has 0 spiro atoms. The molecule has 25 heavy (non-hydrogen) atoms. The second-order valence-corrected chi connectivity index (χ2v) is 5.83. The number of nitrogens with zero attached hydrogens (tertiary/aromatic N) is 2. The molecule has 1 heterocycles. The van der Waals surface area contributed by atoms with Gasteiger partial charge in [-0.25, -0.2) is 4.39 Å². The summed E-state index contributed by atoms with van der Waals surface area (Å²) in [5, 5.41) is 3.05. The summed E-state index contributed by atoms with van der Waals surface area (Å²) in [6, 6.07) is 5.07. The Hall–Kier alpha value is -1.08. The van der Waals surface area contributed by atoms with Crippen LogP contribution in [0.2, 0.25) is 0 Å². The highest BCUT2D eigenvalue weighted by Gasteiger charge is 2.20. The van der Waals surface area contributed by atoms with Crippen LogP contribution in [-0.2, 0) is 11.3 Å². The van der Waals surface area contributed by atoms with E-state index < -0.39 is 0 Å². The van der Waals surface area contributed by atoms with Crippen molar-refractivity contribution in [2.24, 2.45) is 0 Å². The van der Waals surface area contributed by atoms with E-state index in [1.807, 2.05) is 18.0 Å². The Morgan fingerprint density at radius 3 is 2.48 bits per heavy atom. The van der Waals surface area contributed by atoms with Gasteiger partial charge in [-0.3, -0.25) is 9.69 Å². The maximum Gasteiger partial charge on any atom is 0.222 e. The van der Waals surface area contributed by atoms with E-state index in [0.29, 0.717) is 13.0 Å². The number of amides is 1. The van der Waals surface area contributed by atoms with Gasteiger partial charge in [0.25, 0.3) is 0 Å². The normalized spacial score (nSPS) is 14.4. The zero-order valence-electron chi connectivity index (χ0n) is 14.8. The lowest BCUT2D eigenvalue weighted by Crippen LogP contribution is -2.48. The Balaban J connectivity index is 0.00000288. The number of rotatable bonds is 7. The number of halogens is 3. The van der Waals surface area contributed by atoms with Gasteiger partial charge in [0.2, 0.25) is 5.91 Å². The fourth-order valence-electron chi connectivity index (χ4n) is 2.80. The van der Waals surface area contributed by atoms with Crippen LogP contribution < -0.4 is 10.1 Å². The summed E-state index contributed by atoms with van der Waals surface area (Å²) in [7, 11) is 3.36. The summed E-state index contributed by atoms with van der Waals surface area (Å²) >= 11 is 0. The van der Waals surface area contributed by atoms with E-state index in [9.17, 15) is 9.18 Å². The maximum atomic E-state index is 13.7. The minimum absolute atomic E-state index is 0. The highest BCUT2D eigenvalue weighted by atomic mass is 35.5. The topological polar surface area (TPSA) is 44.8 Å². The fourth-order valence-corrected chi connectivity index (χ4v) is 2.80. The molecule has 1 aromatic carbocycles. The molecule has 5 nitrogen and oxygen atoms in total. The second kappa shape index (κ2) is 12.3. The predicted octanol–water partition coefficient (Wildman–Crippen LogP) is 2.32. The van der Waals surface area contributed by atoms with Gasteiger partial charge >= 0.3 is 0 Å². The number of carbonyl (C=O) groups is 1. The number of nitrogens with one attached hydrogen (secondary N) is 1. The van der Waals surface area contributed by atoms with Crippen molar-refractivity contribution < 1.29 is 13.9 Å². The number of carbonyl (C=O) groups excluding carboxylic acids is 1. The molecule has 8 heteroatoms. The number of piperazine rings is 1. The van der Waals surface area contributed by atoms with Gasteiger partial charge in [0.05, 0.1) is 7.11 Å². The largest absolute Gasteiger partial charge is 0.494 e. The van der Waals surface area contributed by atoms with E-state index >= 15 is 0 Å². The SMILES string of the molecule is CNCCCC(=O)N1CCN(Cc2ccc(OC)c(F)c2)CC1.Cl.Cl. The van der Waals surface area contributed by atoms with Crippen LogP contribution in [-0.4, -0.2) is 62.6 Å². The van der Waals surface area contributed by atoms with Gasteiger partial charge in [0.15, 0.2) is 11.6 Å². The van der Waals surface area contributed by atoms with E-state index in [-0.39, 0.29) is 42.3 Å². The van der Waals surface area contributed by atoms with Crippen molar-refractivity contribution in [2.75, 3.05) is 46.9 Å². The minimum atomic E-state index is -0.330. The van der Waals surface area contributed by atoms with Crippen LogP contribution in [0.15, 0.2) is 18.2 Å². The Labute approximate surface area is 161 Å². The van der Waals surface area contributed by atoms with E-state index in [0.717, 1.165) is 44.7 Å². The Morgan fingerprint density at radius 1 is 1.24 bits per heavy atom. The first-order valence-electron chi connectivity index (χ1n) is 8.11. The van der Waals surface area contributed by atoms with Gasteiger partial charge in [0.1, 0.15) is 0 Å². The number of hydrogen-bond acceptors (Lipinski definition) is 4. The molecule has 1 aliphatic rings. The lowest BCUT2D eigenvalue weighted by atomic mass is 10.1. The number of hydrogen-bond donors (Lipinski definition) is 1. The molecule has 2 rings (SSSR count). The lowest BCUT2D eigenvalue weighted by molar-refractivity contribution is -0.133. The molecule has 1 amide bonds. The molecule has 1 saturated heterocycles. The molecule has 0 bridgehead atoms. The van der Waals surface area contributed by atoms with Gasteiger partial charge in [0, 0.05) is 39.1 Å². The average Bonchev–Trinajstić information content (AvgIpc) is 2.56. The molecule has 0 unspecified atom stereocenters. The molecule has 1 N–H and O–H groups in total. The number of methoxy groups -OCH3 is 1. The third kappa shape index (κ3) is 7.36. The molecule has 0 radical (unpaired) electrons. The van der Waals surface area contributed by atoms with Crippen LogP contribution in [0, 0.1) is 5.82 Å². The van der Waals surface area contributed by atoms with Crippen molar-refractivity contribution in [2.45, 2.75) is 19.4 Å². The Kier molecular flexibility index (Phi) is 11.8. The van der Waals surface area contributed by atoms with E-state index in [1.165, 1.54) is 13.2 Å². The van der Waals surface area contributed by atoms with Crippen LogP contribution in [0.4, 0.5) is 4.39 Å². The molecule has 0 atom stereocenters. The molecule has 0 saturated carbocycles. The van der Waals surface area contributed by atoms with Crippen LogP contribution in [0.25, 0.3) is 0 Å². The van der Waals surface area contributed by atoms with Crippen molar-refractivity contribution in [1.82, 2.24) is 15.1 Å². The molecule has 1 aliphatic heterocycles. The van der Waals surface area contributed by atoms with Crippen molar-refractivity contribution in [3.8, 4) is 5.75 Å². The van der Waals surface area contributed by atoms with Crippen molar-refractivity contribution in [3.63, 3.8) is 0 Å². The van der Waals surface area contributed by atoms with Gasteiger partial charge in [-0.05, 0) is 37.7 Å². The summed E-state index contributed by atoms with van der Waals surface area (Å²) in [5.74, 6) is 0.171. The molecule has 1 fully saturated rings. The van der Waals surface area contributed by atoms with E-state index in [2.05, 4.69) is 10.2 Å². The van der Waals surface area contributed by atoms with E-state index in [4.69, 9.17) is 4.74 Å². The van der Waals surface area contributed by atoms with Crippen molar-refractivity contribution >= 4 is 30.7 Å². The standard InChI is InChI=1S/C17H26FN3O2.2ClH/c1-19-7-3-4-17(22)21-10-8-20(9-11-21)13-14-5-6-16(23-2)15(18)12-14;;/h5-6,12,19H,3-4,7-11,13H2,1-2H3;2*1H. The highest BCUT2D eigenvalue weighted by molar-refractivity contribution is 5.85. The second-order valence-electron chi connectivity index (χ2n) is 5.83. The molecule has 0 aromatic heterocycles. The lowest BCUT2D eigenvalue weighted by Gasteiger charge is -2.34. The third-order valence-electron chi connectivity index (χ3n) is 4.16. The maximum absolute atomic E-state index is 13.7. The van der Waals surface area contributed by atoms with Gasteiger partial charge in [-0.15, -0.1) is 24.8 Å². The van der Waals surface area contributed by atoms with Crippen LogP contribution in [0.5, 0.6) is 5.75 Å². The molecular weight excluding hydrogens is 368 g/mol. The Morgan fingerprint density at radius 2 is 1.92 bits per heavy atom. The van der Waals surface area contributed by atoms with Crippen LogP contribution >= 0.6 is 24.8 Å². The van der Waals surface area contributed by atoms with E-state index in [1.54, 1.807) is 6.07 Å². The van der Waals surface area contributed by atoms with Gasteiger partial charge in [-0.2, -0.15) is 0 Å². The highest BCUT2D eigenvalue weighted by Crippen LogP contribution is 2.19. The first kappa shape index (κ1) is 23.9. The quantitative estimate of drug-likeness (QED) is 0.719. The fraction of sp³-hybridized carbons (Fsp3) is 0.588. The first-order valence-corrected chi connectivity index (χ1v) is 8.11. The smallest absolute Gasteiger partial charge is 0.222 e. The summed E-state index contributed by atoms with van der Waals surface area (Å²) in [6.07, 6.45) is 1.48. The van der Waals surface area contributed by atoms with Crippen molar-refractivity contribution in [1.29, 1.82) is 0 Å². The molecule has 0 aliphatic carbocycles. The molecular formula is C17H28Cl2FN3O2. The zero-order valence-corrected chi connectivity index (χ0v) is 16.4. The average molecular weight is 396 g/mol. The predicted molar refractivity (Wildman–Crippen MR) is 102 cm³/mol.